The number of amides is 1. The zero-order chi connectivity index (χ0) is 27.4. The highest BCUT2D eigenvalue weighted by molar-refractivity contribution is 6.16. The van der Waals surface area contributed by atoms with Crippen LogP contribution in [0.3, 0.4) is 0 Å². The van der Waals surface area contributed by atoms with Gasteiger partial charge in [-0.05, 0) is 58.7 Å². The van der Waals surface area contributed by atoms with Gasteiger partial charge in [-0.25, -0.2) is 9.80 Å². The van der Waals surface area contributed by atoms with Crippen molar-refractivity contribution in [3.8, 4) is 17.2 Å². The summed E-state index contributed by atoms with van der Waals surface area (Å²) in [4.78, 5) is 24.7. The maximum absolute atomic E-state index is 12.4. The summed E-state index contributed by atoms with van der Waals surface area (Å²) in [6.45, 7) is 1.94. The predicted molar refractivity (Wildman–Crippen MR) is 143 cm³/mol. The Morgan fingerprint density at radius 2 is 1.79 bits per heavy atom. The molecule has 3 aromatic rings. The summed E-state index contributed by atoms with van der Waals surface area (Å²) in [5, 5.41) is 6.15. The number of hydrogen-bond acceptors (Lipinski definition) is 8. The first-order valence-electron chi connectivity index (χ1n) is 12.4. The molecule has 0 spiro atoms. The lowest BCUT2D eigenvalue weighted by Crippen LogP contribution is -2.24. The lowest BCUT2D eigenvalue weighted by molar-refractivity contribution is -0.134. The molecule has 9 heteroatoms. The lowest BCUT2D eigenvalue weighted by atomic mass is 9.98. The highest BCUT2D eigenvalue weighted by Gasteiger charge is 2.32. The number of carbonyl (C=O) groups excluding carboxylic acids is 2. The summed E-state index contributed by atoms with van der Waals surface area (Å²) in [5.74, 6) is 1.38. The third kappa shape index (κ3) is 5.43. The van der Waals surface area contributed by atoms with Gasteiger partial charge in [0.15, 0.2) is 11.5 Å². The van der Waals surface area contributed by atoms with E-state index in [4.69, 9.17) is 23.7 Å². The van der Waals surface area contributed by atoms with E-state index in [1.807, 2.05) is 66.7 Å². The molecule has 1 unspecified atom stereocenters. The minimum atomic E-state index is -0.496. The summed E-state index contributed by atoms with van der Waals surface area (Å²) in [7, 11) is 2.80. The topological polar surface area (TPSA) is 95.9 Å². The zero-order valence-corrected chi connectivity index (χ0v) is 21.9. The Balaban J connectivity index is 1.30. The molecule has 5 rings (SSSR count). The third-order valence-electron chi connectivity index (χ3n) is 6.54. The van der Waals surface area contributed by atoms with Gasteiger partial charge in [-0.15, -0.1) is 0 Å². The molecular formula is C30H28N2O7. The van der Waals surface area contributed by atoms with Gasteiger partial charge >= 0.3 is 5.97 Å². The van der Waals surface area contributed by atoms with Crippen molar-refractivity contribution in [3.05, 3.63) is 95.2 Å². The normalized spacial score (nSPS) is 16.1. The molecule has 0 aromatic heterocycles. The lowest BCUT2D eigenvalue weighted by Gasteiger charge is -2.20. The summed E-state index contributed by atoms with van der Waals surface area (Å²) in [5.41, 5.74) is 4.41. The van der Waals surface area contributed by atoms with Crippen molar-refractivity contribution in [3.63, 3.8) is 0 Å². The van der Waals surface area contributed by atoms with Crippen molar-refractivity contribution in [1.82, 2.24) is 5.01 Å². The van der Waals surface area contributed by atoms with Crippen molar-refractivity contribution in [2.24, 2.45) is 5.10 Å². The van der Waals surface area contributed by atoms with E-state index in [9.17, 15) is 9.59 Å². The first kappa shape index (κ1) is 25.8. The summed E-state index contributed by atoms with van der Waals surface area (Å²) in [6.07, 6.45) is 1.93. The molecule has 3 aromatic carbocycles. The fourth-order valence-electron chi connectivity index (χ4n) is 4.62. The molecular weight excluding hydrogens is 500 g/mol. The Hall–Kier alpha value is -4.79. The van der Waals surface area contributed by atoms with Gasteiger partial charge in [0, 0.05) is 13.3 Å². The maximum Gasteiger partial charge on any atom is 0.341 e. The Morgan fingerprint density at radius 1 is 1.03 bits per heavy atom. The van der Waals surface area contributed by atoms with Crippen molar-refractivity contribution in [1.29, 1.82) is 0 Å². The highest BCUT2D eigenvalue weighted by atomic mass is 16.7. The molecule has 0 aliphatic carbocycles. The van der Waals surface area contributed by atoms with E-state index in [-0.39, 0.29) is 25.3 Å². The molecule has 200 valence electrons. The zero-order valence-electron chi connectivity index (χ0n) is 21.9. The molecule has 0 N–H and O–H groups in total. The summed E-state index contributed by atoms with van der Waals surface area (Å²) in [6, 6.07) is 20.5. The Morgan fingerprint density at radius 3 is 2.54 bits per heavy atom. The van der Waals surface area contributed by atoms with Crippen molar-refractivity contribution in [2.45, 2.75) is 26.0 Å². The van der Waals surface area contributed by atoms with Gasteiger partial charge in [-0.2, -0.15) is 5.10 Å². The molecule has 2 aliphatic heterocycles. The van der Waals surface area contributed by atoms with E-state index in [0.29, 0.717) is 34.8 Å². The second kappa shape index (κ2) is 11.3. The van der Waals surface area contributed by atoms with Crippen molar-refractivity contribution in [2.75, 3.05) is 21.0 Å². The van der Waals surface area contributed by atoms with E-state index < -0.39 is 5.97 Å². The molecule has 0 saturated carbocycles. The van der Waals surface area contributed by atoms with Gasteiger partial charge in [-0.3, -0.25) is 4.79 Å². The van der Waals surface area contributed by atoms with Crippen LogP contribution in [0, 0.1) is 0 Å². The number of ether oxygens (including phenoxy) is 5. The van der Waals surface area contributed by atoms with Crippen LogP contribution < -0.4 is 14.2 Å². The number of rotatable bonds is 8. The molecule has 2 heterocycles. The van der Waals surface area contributed by atoms with E-state index in [2.05, 4.69) is 5.10 Å². The second-order valence-corrected chi connectivity index (χ2v) is 8.97. The molecule has 0 radical (unpaired) electrons. The van der Waals surface area contributed by atoms with Crippen LogP contribution in [0.15, 0.2) is 78.1 Å². The van der Waals surface area contributed by atoms with Crippen LogP contribution in [0.25, 0.3) is 5.57 Å². The monoisotopic (exact) mass is 528 g/mol. The van der Waals surface area contributed by atoms with Crippen LogP contribution in [0.1, 0.15) is 41.6 Å². The van der Waals surface area contributed by atoms with Gasteiger partial charge in [-0.1, -0.05) is 30.3 Å². The number of methoxy groups -OCH3 is 2. The molecule has 39 heavy (non-hydrogen) atoms. The number of nitrogens with zero attached hydrogens (tertiary/aromatic N) is 2. The van der Waals surface area contributed by atoms with Crippen LogP contribution >= 0.6 is 0 Å². The number of hydrazone groups is 1. The molecule has 0 saturated heterocycles. The van der Waals surface area contributed by atoms with Gasteiger partial charge in [0.25, 0.3) is 0 Å². The highest BCUT2D eigenvalue weighted by Crippen LogP contribution is 2.39. The van der Waals surface area contributed by atoms with E-state index >= 15 is 0 Å². The number of carbonyl (C=O) groups is 2. The van der Waals surface area contributed by atoms with Gasteiger partial charge < -0.3 is 23.7 Å². The van der Waals surface area contributed by atoms with Crippen LogP contribution in [-0.4, -0.2) is 43.6 Å². The number of esters is 1. The molecule has 1 amide bonds. The largest absolute Gasteiger partial charge is 0.503 e. The molecule has 0 fully saturated rings. The predicted octanol–water partition coefficient (Wildman–Crippen LogP) is 4.85. The summed E-state index contributed by atoms with van der Waals surface area (Å²) >= 11 is 0. The number of hydrogen-bond donors (Lipinski definition) is 0. The number of benzene rings is 3. The quantitative estimate of drug-likeness (QED) is 0.234. The van der Waals surface area contributed by atoms with Gasteiger partial charge in [0.05, 0.1) is 32.2 Å². The summed E-state index contributed by atoms with van der Waals surface area (Å²) < 4.78 is 26.9. The second-order valence-electron chi connectivity index (χ2n) is 8.97. The van der Waals surface area contributed by atoms with Crippen LogP contribution in [-0.2, 0) is 25.7 Å². The first-order chi connectivity index (χ1) is 19.0. The Bertz CT molecular complexity index is 1450. The fourth-order valence-corrected chi connectivity index (χ4v) is 4.62. The van der Waals surface area contributed by atoms with E-state index in [0.717, 1.165) is 22.4 Å². The first-order valence-corrected chi connectivity index (χ1v) is 12.4. The van der Waals surface area contributed by atoms with E-state index in [1.54, 1.807) is 0 Å². The smallest absolute Gasteiger partial charge is 0.341 e. The fraction of sp³-hybridized carbons (Fsp3) is 0.233. The SMILES string of the molecule is CO/C=C(/C(=O)OC)c1ccccc1COc1ccc(C2=NN(C(C)=O)C(c3ccc4c(c3)OCO4)C2)cc1. The third-order valence-corrected chi connectivity index (χ3v) is 6.54. The Labute approximate surface area is 226 Å². The molecule has 2 aliphatic rings. The average molecular weight is 529 g/mol. The van der Waals surface area contributed by atoms with Crippen LogP contribution in [0.4, 0.5) is 0 Å². The molecule has 1 atom stereocenters. The average Bonchev–Trinajstić information content (AvgIpc) is 3.62. The van der Waals surface area contributed by atoms with Crippen LogP contribution in [0.5, 0.6) is 17.2 Å². The van der Waals surface area contributed by atoms with Crippen molar-refractivity contribution < 1.29 is 33.3 Å². The minimum Gasteiger partial charge on any atom is -0.503 e. The standard InChI is InChI=1S/C30H28N2O7/c1-19(33)32-27(21-10-13-28-29(14-21)39-18-38-28)15-26(31-32)20-8-11-23(12-9-20)37-16-22-6-4-5-7-24(22)25(17-35-2)30(34)36-3/h4-14,17,27H,15-16,18H2,1-3H3/b25-17+. The van der Waals surface area contributed by atoms with Gasteiger partial charge in [0.2, 0.25) is 12.7 Å². The molecule has 9 nitrogen and oxygen atoms in total. The van der Waals surface area contributed by atoms with Gasteiger partial charge in [0.1, 0.15) is 17.9 Å². The minimum absolute atomic E-state index is 0.139. The number of fused-ring (bicyclic) bond motifs is 1. The maximum atomic E-state index is 12.4. The van der Waals surface area contributed by atoms with Crippen molar-refractivity contribution >= 4 is 23.2 Å². The molecule has 0 bridgehead atoms. The van der Waals surface area contributed by atoms with Crippen LogP contribution in [0.2, 0.25) is 0 Å². The van der Waals surface area contributed by atoms with E-state index in [1.165, 1.54) is 32.4 Å². The Kier molecular flexibility index (Phi) is 7.49.